The Hall–Kier alpha value is -2.19. The monoisotopic (exact) mass is 213 g/mol. The number of hydrogen-bond acceptors (Lipinski definition) is 4. The maximum Gasteiger partial charge on any atom is 0.164 e. The summed E-state index contributed by atoms with van der Waals surface area (Å²) in [5, 5.41) is 12.9. The summed E-state index contributed by atoms with van der Waals surface area (Å²) in [6, 6.07) is 9.52. The van der Waals surface area contributed by atoms with Crippen molar-refractivity contribution in [3.8, 4) is 6.07 Å². The van der Waals surface area contributed by atoms with Crippen LogP contribution in [0.2, 0.25) is 0 Å². The van der Waals surface area contributed by atoms with Gasteiger partial charge in [-0.3, -0.25) is 0 Å². The van der Waals surface area contributed by atoms with E-state index in [4.69, 9.17) is 11.0 Å². The predicted molar refractivity (Wildman–Crippen MR) is 58.2 cm³/mol. The van der Waals surface area contributed by atoms with Gasteiger partial charge in [-0.25, -0.2) is 9.67 Å². The molecule has 0 bridgehead atoms. The molecular weight excluding hydrogens is 202 g/mol. The van der Waals surface area contributed by atoms with Crippen LogP contribution in [0.1, 0.15) is 17.0 Å². The Morgan fingerprint density at radius 3 is 3.00 bits per heavy atom. The molecule has 1 aromatic carbocycles. The number of rotatable bonds is 3. The molecule has 5 nitrogen and oxygen atoms in total. The van der Waals surface area contributed by atoms with Gasteiger partial charge in [-0.05, 0) is 17.7 Å². The molecule has 0 aliphatic heterocycles. The van der Waals surface area contributed by atoms with Crippen molar-refractivity contribution in [2.45, 2.75) is 13.1 Å². The van der Waals surface area contributed by atoms with Gasteiger partial charge < -0.3 is 5.73 Å². The summed E-state index contributed by atoms with van der Waals surface area (Å²) in [7, 11) is 0. The van der Waals surface area contributed by atoms with Gasteiger partial charge in [-0.1, -0.05) is 12.1 Å². The van der Waals surface area contributed by atoms with Crippen LogP contribution < -0.4 is 5.73 Å². The van der Waals surface area contributed by atoms with E-state index in [1.807, 2.05) is 18.2 Å². The average molecular weight is 213 g/mol. The number of nitriles is 1. The van der Waals surface area contributed by atoms with E-state index >= 15 is 0 Å². The standard InChI is InChI=1S/C11H11N5/c12-5-9-2-1-3-10(4-9)7-16-8-14-11(6-13)15-16/h1-4,8H,6-7,13H2. The molecule has 2 rings (SSSR count). The van der Waals surface area contributed by atoms with E-state index in [9.17, 15) is 0 Å². The molecule has 0 atom stereocenters. The zero-order valence-corrected chi connectivity index (χ0v) is 8.67. The highest BCUT2D eigenvalue weighted by atomic mass is 15.3. The van der Waals surface area contributed by atoms with Crippen molar-refractivity contribution in [1.82, 2.24) is 14.8 Å². The summed E-state index contributed by atoms with van der Waals surface area (Å²) in [6.07, 6.45) is 1.64. The lowest BCUT2D eigenvalue weighted by Crippen LogP contribution is -2.03. The number of aromatic nitrogens is 3. The fourth-order valence-electron chi connectivity index (χ4n) is 1.43. The van der Waals surface area contributed by atoms with Crippen LogP contribution in [0.4, 0.5) is 0 Å². The predicted octanol–water partition coefficient (Wildman–Crippen LogP) is 0.657. The van der Waals surface area contributed by atoms with Crippen LogP contribution in [-0.4, -0.2) is 14.8 Å². The first kappa shape index (κ1) is 10.3. The van der Waals surface area contributed by atoms with Gasteiger partial charge >= 0.3 is 0 Å². The van der Waals surface area contributed by atoms with Crippen molar-refractivity contribution >= 4 is 0 Å². The molecule has 0 aliphatic carbocycles. The molecule has 2 N–H and O–H groups in total. The molecule has 5 heteroatoms. The maximum absolute atomic E-state index is 8.77. The first-order chi connectivity index (χ1) is 7.81. The first-order valence-electron chi connectivity index (χ1n) is 4.89. The van der Waals surface area contributed by atoms with E-state index in [1.54, 1.807) is 17.1 Å². The van der Waals surface area contributed by atoms with Gasteiger partial charge in [0, 0.05) is 0 Å². The van der Waals surface area contributed by atoms with Crippen molar-refractivity contribution in [2.24, 2.45) is 5.73 Å². The van der Waals surface area contributed by atoms with E-state index < -0.39 is 0 Å². The van der Waals surface area contributed by atoms with Gasteiger partial charge in [0.05, 0.1) is 24.7 Å². The Kier molecular flexibility index (Phi) is 2.94. The lowest BCUT2D eigenvalue weighted by molar-refractivity contribution is 0.671. The van der Waals surface area contributed by atoms with Gasteiger partial charge in [0.15, 0.2) is 5.82 Å². The molecule has 0 amide bonds. The van der Waals surface area contributed by atoms with Crippen molar-refractivity contribution in [2.75, 3.05) is 0 Å². The van der Waals surface area contributed by atoms with Crippen molar-refractivity contribution in [3.05, 3.63) is 47.5 Å². The lowest BCUT2D eigenvalue weighted by atomic mass is 10.1. The molecule has 80 valence electrons. The minimum atomic E-state index is 0.339. The lowest BCUT2D eigenvalue weighted by Gasteiger charge is -2.00. The SMILES string of the molecule is N#Cc1cccc(Cn2cnc(CN)n2)c1. The Labute approximate surface area is 93.1 Å². The zero-order valence-electron chi connectivity index (χ0n) is 8.67. The second-order valence-electron chi connectivity index (χ2n) is 3.37. The Balaban J connectivity index is 2.17. The minimum absolute atomic E-state index is 0.339. The Morgan fingerprint density at radius 1 is 1.44 bits per heavy atom. The summed E-state index contributed by atoms with van der Waals surface area (Å²) in [5.41, 5.74) is 7.09. The highest BCUT2D eigenvalue weighted by Crippen LogP contribution is 2.05. The maximum atomic E-state index is 8.77. The second kappa shape index (κ2) is 4.55. The highest BCUT2D eigenvalue weighted by Gasteiger charge is 2.00. The first-order valence-corrected chi connectivity index (χ1v) is 4.89. The van der Waals surface area contributed by atoms with Crippen LogP contribution >= 0.6 is 0 Å². The third-order valence-electron chi connectivity index (χ3n) is 2.17. The summed E-state index contributed by atoms with van der Waals surface area (Å²) in [4.78, 5) is 4.04. The second-order valence-corrected chi connectivity index (χ2v) is 3.37. The zero-order chi connectivity index (χ0) is 11.4. The third-order valence-corrected chi connectivity index (χ3v) is 2.17. The summed E-state index contributed by atoms with van der Waals surface area (Å²) < 4.78 is 1.71. The van der Waals surface area contributed by atoms with Gasteiger partial charge in [-0.15, -0.1) is 0 Å². The average Bonchev–Trinajstić information content (AvgIpc) is 2.77. The van der Waals surface area contributed by atoms with Crippen molar-refractivity contribution in [1.29, 1.82) is 5.26 Å². The minimum Gasteiger partial charge on any atom is -0.324 e. The van der Waals surface area contributed by atoms with E-state index in [-0.39, 0.29) is 0 Å². The molecule has 0 unspecified atom stereocenters. The fraction of sp³-hybridized carbons (Fsp3) is 0.182. The Morgan fingerprint density at radius 2 is 2.31 bits per heavy atom. The molecule has 16 heavy (non-hydrogen) atoms. The molecule has 0 saturated heterocycles. The molecule has 0 fully saturated rings. The van der Waals surface area contributed by atoms with E-state index in [2.05, 4.69) is 16.2 Å². The van der Waals surface area contributed by atoms with Crippen molar-refractivity contribution < 1.29 is 0 Å². The molecule has 2 aromatic rings. The van der Waals surface area contributed by atoms with E-state index in [1.165, 1.54) is 0 Å². The Bertz CT molecular complexity index is 523. The van der Waals surface area contributed by atoms with Gasteiger partial charge in [0.25, 0.3) is 0 Å². The van der Waals surface area contributed by atoms with Crippen LogP contribution in [0.5, 0.6) is 0 Å². The quantitative estimate of drug-likeness (QED) is 0.812. The van der Waals surface area contributed by atoms with Crippen LogP contribution in [-0.2, 0) is 13.1 Å². The smallest absolute Gasteiger partial charge is 0.164 e. The molecular formula is C11H11N5. The molecule has 1 aromatic heterocycles. The molecule has 1 heterocycles. The number of nitrogens with zero attached hydrogens (tertiary/aromatic N) is 4. The van der Waals surface area contributed by atoms with Crippen LogP contribution in [0.3, 0.4) is 0 Å². The van der Waals surface area contributed by atoms with Crippen LogP contribution in [0, 0.1) is 11.3 Å². The van der Waals surface area contributed by atoms with Crippen molar-refractivity contribution in [3.63, 3.8) is 0 Å². The fourth-order valence-corrected chi connectivity index (χ4v) is 1.43. The normalized spacial score (nSPS) is 10.0. The topological polar surface area (TPSA) is 80.5 Å². The van der Waals surface area contributed by atoms with E-state index in [0.29, 0.717) is 24.5 Å². The number of nitrogens with two attached hydrogens (primary N) is 1. The number of hydrogen-bond donors (Lipinski definition) is 1. The van der Waals surface area contributed by atoms with Crippen LogP contribution in [0.15, 0.2) is 30.6 Å². The van der Waals surface area contributed by atoms with Crippen LogP contribution in [0.25, 0.3) is 0 Å². The van der Waals surface area contributed by atoms with Gasteiger partial charge in [-0.2, -0.15) is 10.4 Å². The summed E-state index contributed by atoms with van der Waals surface area (Å²) >= 11 is 0. The summed E-state index contributed by atoms with van der Waals surface area (Å²) in [5.74, 6) is 0.622. The van der Waals surface area contributed by atoms with Gasteiger partial charge in [0.1, 0.15) is 6.33 Å². The number of benzene rings is 1. The highest BCUT2D eigenvalue weighted by molar-refractivity contribution is 5.32. The molecule has 0 aliphatic rings. The van der Waals surface area contributed by atoms with Gasteiger partial charge in [0.2, 0.25) is 0 Å². The molecule has 0 radical (unpaired) electrons. The summed E-state index contributed by atoms with van der Waals surface area (Å²) in [6.45, 7) is 0.938. The third kappa shape index (κ3) is 2.24. The van der Waals surface area contributed by atoms with E-state index in [0.717, 1.165) is 5.56 Å². The largest absolute Gasteiger partial charge is 0.324 e. The molecule has 0 spiro atoms. The molecule has 0 saturated carbocycles.